The van der Waals surface area contributed by atoms with E-state index in [1.54, 1.807) is 37.1 Å². The van der Waals surface area contributed by atoms with Gasteiger partial charge in [-0.3, -0.25) is 24.1 Å². The molecule has 0 radical (unpaired) electrons. The van der Waals surface area contributed by atoms with Crippen LogP contribution < -0.4 is 25.2 Å². The van der Waals surface area contributed by atoms with Crippen molar-refractivity contribution in [3.8, 4) is 23.1 Å². The van der Waals surface area contributed by atoms with Gasteiger partial charge in [0.15, 0.2) is 34.7 Å². The SMILES string of the molecule is CC(C)(C)C(NC(=O)COCCCOCCCCOc1ccc(N2C(=S)N(c3ccc(C#N)c(Cl)c3F)C(=O)C2(C)C)cc1F)C(=O)N1CCC[C@H]1C(=O)NCc1ccc(-c2cnco2)cc1. The number of halogens is 3. The standard InChI is InChI=1S/C48H54ClF2N7O8S/c1-47(2,3)42(44(61)56-19-8-10-36(56)43(60)54-26-30-11-13-31(14-12-30)38-27-53-29-66-38)55-39(59)28-64-22-9-21-63-20-6-7-23-65-37-18-16-33(24-34(37)50)58-46(67)57(45(62)48(58,4)5)35-17-15-32(25-52)40(49)41(35)51/h11-18,24,27,29,36,42H,6-10,19-23,26,28H2,1-5H3,(H,54,60)(H,55,59)/t36-,42?/m0/s1. The Kier molecular flexibility index (Phi) is 16.7. The van der Waals surface area contributed by atoms with Gasteiger partial charge in [-0.05, 0) is 93.4 Å². The van der Waals surface area contributed by atoms with Crippen molar-refractivity contribution in [2.24, 2.45) is 5.41 Å². The predicted molar refractivity (Wildman–Crippen MR) is 250 cm³/mol. The van der Waals surface area contributed by atoms with Gasteiger partial charge in [0.2, 0.25) is 17.7 Å². The van der Waals surface area contributed by atoms with Crippen LogP contribution in [-0.4, -0.2) is 95.8 Å². The summed E-state index contributed by atoms with van der Waals surface area (Å²) in [6.07, 6.45) is 5.91. The number of nitrogens with zero attached hydrogens (tertiary/aromatic N) is 5. The summed E-state index contributed by atoms with van der Waals surface area (Å²) < 4.78 is 52.7. The van der Waals surface area contributed by atoms with Gasteiger partial charge in [-0.15, -0.1) is 0 Å². The van der Waals surface area contributed by atoms with E-state index in [1.807, 2.05) is 45.0 Å². The molecule has 3 heterocycles. The van der Waals surface area contributed by atoms with E-state index in [2.05, 4.69) is 15.6 Å². The average Bonchev–Trinajstić information content (AvgIpc) is 4.05. The molecule has 19 heteroatoms. The van der Waals surface area contributed by atoms with Crippen molar-refractivity contribution in [3.63, 3.8) is 0 Å². The van der Waals surface area contributed by atoms with Crippen LogP contribution in [0.3, 0.4) is 0 Å². The zero-order chi connectivity index (χ0) is 48.5. The Labute approximate surface area is 398 Å². The Bertz CT molecular complexity index is 2480. The molecule has 2 aliphatic heterocycles. The molecule has 2 aliphatic rings. The summed E-state index contributed by atoms with van der Waals surface area (Å²) in [6.45, 7) is 10.5. The quantitative estimate of drug-likeness (QED) is 0.0660. The van der Waals surface area contributed by atoms with Gasteiger partial charge < -0.3 is 39.1 Å². The highest BCUT2D eigenvalue weighted by Crippen LogP contribution is 2.40. The second kappa shape index (κ2) is 22.2. The molecule has 15 nitrogen and oxygen atoms in total. The van der Waals surface area contributed by atoms with E-state index in [0.29, 0.717) is 64.2 Å². The summed E-state index contributed by atoms with van der Waals surface area (Å²) in [5.41, 5.74) is -0.245. The maximum absolute atomic E-state index is 15.3. The first kappa shape index (κ1) is 50.4. The maximum Gasteiger partial charge on any atom is 0.259 e. The normalized spacial score (nSPS) is 16.3. The number of carbonyl (C=O) groups excluding carboxylic acids is 4. The summed E-state index contributed by atoms with van der Waals surface area (Å²) in [7, 11) is 0. The van der Waals surface area contributed by atoms with E-state index >= 15 is 8.78 Å². The smallest absolute Gasteiger partial charge is 0.259 e. The Hall–Kier alpha value is -6.00. The summed E-state index contributed by atoms with van der Waals surface area (Å²) in [6, 6.07) is 14.6. The van der Waals surface area contributed by atoms with Gasteiger partial charge in [-0.25, -0.2) is 13.8 Å². The number of ether oxygens (including phenoxy) is 3. The molecule has 2 atom stereocenters. The number of aromatic nitrogens is 1. The third kappa shape index (κ3) is 11.9. The number of amides is 4. The van der Waals surface area contributed by atoms with Crippen molar-refractivity contribution in [2.45, 2.75) is 90.9 Å². The summed E-state index contributed by atoms with van der Waals surface area (Å²) >= 11 is 11.6. The van der Waals surface area contributed by atoms with Crippen LogP contribution >= 0.6 is 23.8 Å². The van der Waals surface area contributed by atoms with Crippen molar-refractivity contribution >= 4 is 63.9 Å². The molecule has 356 valence electrons. The molecule has 1 unspecified atom stereocenters. The number of carbonyl (C=O) groups is 4. The van der Waals surface area contributed by atoms with E-state index < -0.39 is 51.5 Å². The van der Waals surface area contributed by atoms with Crippen molar-refractivity contribution in [1.82, 2.24) is 20.5 Å². The van der Waals surface area contributed by atoms with Gasteiger partial charge in [0.05, 0.1) is 29.1 Å². The fourth-order valence-corrected chi connectivity index (χ4v) is 8.49. The Morgan fingerprint density at radius 1 is 1.03 bits per heavy atom. The Morgan fingerprint density at radius 2 is 1.75 bits per heavy atom. The van der Waals surface area contributed by atoms with Gasteiger partial charge >= 0.3 is 0 Å². The zero-order valence-electron chi connectivity index (χ0n) is 38.0. The Balaban J connectivity index is 0.862. The molecule has 4 amide bonds. The average molecular weight is 963 g/mol. The van der Waals surface area contributed by atoms with Crippen LogP contribution in [0.2, 0.25) is 5.02 Å². The number of thiocarbonyl (C=S) groups is 1. The van der Waals surface area contributed by atoms with Crippen LogP contribution in [0, 0.1) is 28.4 Å². The molecule has 0 saturated carbocycles. The highest BCUT2D eigenvalue weighted by molar-refractivity contribution is 7.81. The number of rotatable bonds is 20. The molecule has 67 heavy (non-hydrogen) atoms. The monoisotopic (exact) mass is 961 g/mol. The summed E-state index contributed by atoms with van der Waals surface area (Å²) in [4.78, 5) is 61.5. The maximum atomic E-state index is 15.3. The molecule has 4 aromatic rings. The molecular weight excluding hydrogens is 908 g/mol. The van der Waals surface area contributed by atoms with Gasteiger partial charge in [-0.1, -0.05) is 56.6 Å². The summed E-state index contributed by atoms with van der Waals surface area (Å²) in [5, 5.41) is 14.5. The molecule has 0 aliphatic carbocycles. The third-order valence-corrected chi connectivity index (χ3v) is 12.1. The Morgan fingerprint density at radius 3 is 2.43 bits per heavy atom. The van der Waals surface area contributed by atoms with Crippen molar-refractivity contribution in [3.05, 3.63) is 95.0 Å². The number of nitriles is 1. The van der Waals surface area contributed by atoms with E-state index in [9.17, 15) is 24.4 Å². The van der Waals surface area contributed by atoms with Gasteiger partial charge in [-0.2, -0.15) is 5.26 Å². The number of anilines is 2. The summed E-state index contributed by atoms with van der Waals surface area (Å²) in [5.74, 6) is -2.58. The van der Waals surface area contributed by atoms with E-state index in [0.717, 1.165) is 16.0 Å². The minimum Gasteiger partial charge on any atom is -0.491 e. The highest BCUT2D eigenvalue weighted by Gasteiger charge is 2.51. The zero-order valence-corrected chi connectivity index (χ0v) is 39.6. The topological polar surface area (TPSA) is 180 Å². The van der Waals surface area contributed by atoms with E-state index in [1.165, 1.54) is 35.6 Å². The lowest BCUT2D eigenvalue weighted by molar-refractivity contribution is -0.144. The molecule has 6 rings (SSSR count). The second-order valence-corrected chi connectivity index (χ2v) is 18.5. The molecule has 2 saturated heterocycles. The number of oxazole rings is 1. The third-order valence-electron chi connectivity index (χ3n) is 11.4. The van der Waals surface area contributed by atoms with Gasteiger partial charge in [0.1, 0.15) is 30.3 Å². The number of nitrogens with one attached hydrogen (secondary N) is 2. The van der Waals surface area contributed by atoms with Crippen molar-refractivity contribution < 1.29 is 46.6 Å². The van der Waals surface area contributed by atoms with Crippen LogP contribution in [0.4, 0.5) is 20.2 Å². The van der Waals surface area contributed by atoms with Crippen LogP contribution in [0.15, 0.2) is 71.6 Å². The first-order chi connectivity index (χ1) is 31.9. The molecule has 1 aromatic heterocycles. The molecule has 0 bridgehead atoms. The number of likely N-dealkylation sites (tertiary alicyclic amines) is 1. The first-order valence-electron chi connectivity index (χ1n) is 21.9. The van der Waals surface area contributed by atoms with Crippen LogP contribution in [-0.2, 0) is 35.2 Å². The lowest BCUT2D eigenvalue weighted by Crippen LogP contribution is -2.58. The van der Waals surface area contributed by atoms with Gasteiger partial charge in [0, 0.05) is 50.2 Å². The number of hydrogen-bond acceptors (Lipinski definition) is 11. The predicted octanol–water partition coefficient (Wildman–Crippen LogP) is 7.48. The number of unbranched alkanes of at least 4 members (excludes halogenated alkanes) is 1. The fraction of sp³-hybridized carbons (Fsp3) is 0.438. The van der Waals surface area contributed by atoms with Crippen LogP contribution in [0.25, 0.3) is 11.3 Å². The lowest BCUT2D eigenvalue weighted by atomic mass is 9.85. The van der Waals surface area contributed by atoms with Crippen LogP contribution in [0.5, 0.6) is 5.75 Å². The minimum atomic E-state index is -1.31. The lowest BCUT2D eigenvalue weighted by Gasteiger charge is -2.35. The number of benzene rings is 3. The number of hydrogen-bond donors (Lipinski definition) is 2. The van der Waals surface area contributed by atoms with Crippen LogP contribution in [0.1, 0.15) is 77.8 Å². The molecule has 3 aromatic carbocycles. The largest absolute Gasteiger partial charge is 0.491 e. The molecule has 2 fully saturated rings. The van der Waals surface area contributed by atoms with Gasteiger partial charge in [0.25, 0.3) is 5.91 Å². The van der Waals surface area contributed by atoms with Crippen molar-refractivity contribution in [2.75, 3.05) is 49.4 Å². The molecule has 0 spiro atoms. The van der Waals surface area contributed by atoms with Crippen molar-refractivity contribution in [1.29, 1.82) is 5.26 Å². The first-order valence-corrected chi connectivity index (χ1v) is 22.7. The molecular formula is C48H54ClF2N7O8S. The fourth-order valence-electron chi connectivity index (χ4n) is 7.78. The minimum absolute atomic E-state index is 0.00213. The second-order valence-electron chi connectivity index (χ2n) is 17.7. The highest BCUT2D eigenvalue weighted by atomic mass is 35.5. The van der Waals surface area contributed by atoms with E-state index in [4.69, 9.17) is 42.4 Å². The van der Waals surface area contributed by atoms with E-state index in [-0.39, 0.29) is 59.4 Å². The molecule has 2 N–H and O–H groups in total.